The van der Waals surface area contributed by atoms with Crippen molar-refractivity contribution in [2.75, 3.05) is 19.0 Å². The fraction of sp³-hybridized carbons (Fsp3) is 0.318. The molecular weight excluding hydrogens is 404 g/mol. The first kappa shape index (κ1) is 21.6. The number of para-hydroxylation sites is 1. The molecule has 0 unspecified atom stereocenters. The molecular formula is C22H24N2O5S. The van der Waals surface area contributed by atoms with E-state index in [2.05, 4.69) is 5.32 Å². The smallest absolute Gasteiger partial charge is 0.341 e. The zero-order valence-corrected chi connectivity index (χ0v) is 18.4. The van der Waals surface area contributed by atoms with Gasteiger partial charge in [-0.1, -0.05) is 12.1 Å². The van der Waals surface area contributed by atoms with Crippen LogP contribution in [0.3, 0.4) is 0 Å². The van der Waals surface area contributed by atoms with Gasteiger partial charge >= 0.3 is 5.97 Å². The third kappa shape index (κ3) is 3.95. The maximum atomic E-state index is 12.9. The van der Waals surface area contributed by atoms with Crippen LogP contribution in [0.25, 0.3) is 10.9 Å². The van der Waals surface area contributed by atoms with Crippen LogP contribution in [-0.4, -0.2) is 30.2 Å². The number of amides is 1. The predicted molar refractivity (Wildman–Crippen MR) is 118 cm³/mol. The molecule has 2 aromatic heterocycles. The molecule has 0 aliphatic carbocycles. The minimum Gasteiger partial charge on any atom is -0.495 e. The second-order valence-corrected chi connectivity index (χ2v) is 8.09. The Kier molecular flexibility index (Phi) is 6.26. The largest absolute Gasteiger partial charge is 0.495 e. The summed E-state index contributed by atoms with van der Waals surface area (Å²) in [5.41, 5.74) is 2.19. The van der Waals surface area contributed by atoms with Crippen LogP contribution in [0.5, 0.6) is 5.75 Å². The van der Waals surface area contributed by atoms with Crippen molar-refractivity contribution >= 4 is 39.1 Å². The van der Waals surface area contributed by atoms with E-state index in [0.29, 0.717) is 21.8 Å². The maximum absolute atomic E-state index is 12.9. The van der Waals surface area contributed by atoms with Crippen LogP contribution >= 0.6 is 11.3 Å². The molecule has 0 spiro atoms. The highest BCUT2D eigenvalue weighted by atomic mass is 32.1. The van der Waals surface area contributed by atoms with Gasteiger partial charge in [-0.25, -0.2) is 4.79 Å². The number of thiophene rings is 1. The highest BCUT2D eigenvalue weighted by Gasteiger charge is 2.23. The number of hydrogen-bond donors (Lipinski definition) is 1. The summed E-state index contributed by atoms with van der Waals surface area (Å²) in [7, 11) is 1.52. The van der Waals surface area contributed by atoms with E-state index in [1.807, 2.05) is 32.9 Å². The van der Waals surface area contributed by atoms with Crippen molar-refractivity contribution in [3.8, 4) is 5.75 Å². The zero-order chi connectivity index (χ0) is 22.0. The van der Waals surface area contributed by atoms with E-state index >= 15 is 0 Å². The number of nitrogens with one attached hydrogen (secondary N) is 1. The number of nitrogens with zero attached hydrogens (tertiary/aromatic N) is 1. The normalized spacial score (nSPS) is 10.8. The van der Waals surface area contributed by atoms with Crippen LogP contribution in [0, 0.1) is 20.8 Å². The van der Waals surface area contributed by atoms with Crippen LogP contribution < -0.4 is 15.6 Å². The van der Waals surface area contributed by atoms with Crippen molar-refractivity contribution in [1.29, 1.82) is 0 Å². The second kappa shape index (κ2) is 8.71. The number of aryl methyl sites for hydroxylation is 2. The number of ether oxygens (including phenoxy) is 2. The van der Waals surface area contributed by atoms with E-state index < -0.39 is 11.9 Å². The lowest BCUT2D eigenvalue weighted by Gasteiger charge is -2.15. The summed E-state index contributed by atoms with van der Waals surface area (Å²) in [5, 5.41) is 4.03. The number of pyridine rings is 1. The summed E-state index contributed by atoms with van der Waals surface area (Å²) >= 11 is 1.31. The highest BCUT2D eigenvalue weighted by Crippen LogP contribution is 2.33. The minimum absolute atomic E-state index is 0.214. The van der Waals surface area contributed by atoms with Gasteiger partial charge in [-0.05, 0) is 44.9 Å². The van der Waals surface area contributed by atoms with Gasteiger partial charge in [-0.3, -0.25) is 14.2 Å². The molecule has 30 heavy (non-hydrogen) atoms. The van der Waals surface area contributed by atoms with Crippen LogP contribution in [0.15, 0.2) is 29.1 Å². The number of hydrogen-bond acceptors (Lipinski definition) is 6. The van der Waals surface area contributed by atoms with Gasteiger partial charge in [0.15, 0.2) is 0 Å². The summed E-state index contributed by atoms with van der Waals surface area (Å²) in [4.78, 5) is 38.8. The molecule has 3 aromatic rings. The third-order valence-corrected chi connectivity index (χ3v) is 6.06. The van der Waals surface area contributed by atoms with E-state index in [1.165, 1.54) is 29.1 Å². The topological polar surface area (TPSA) is 86.6 Å². The van der Waals surface area contributed by atoms with Crippen molar-refractivity contribution in [2.45, 2.75) is 34.2 Å². The summed E-state index contributed by atoms with van der Waals surface area (Å²) in [6.45, 7) is 7.29. The molecule has 0 aliphatic rings. The molecule has 1 amide bonds. The van der Waals surface area contributed by atoms with Crippen LogP contribution in [-0.2, 0) is 16.1 Å². The summed E-state index contributed by atoms with van der Waals surface area (Å²) in [5.74, 6) is -0.384. The fourth-order valence-corrected chi connectivity index (χ4v) is 4.43. The van der Waals surface area contributed by atoms with E-state index in [0.717, 1.165) is 21.4 Å². The van der Waals surface area contributed by atoms with Gasteiger partial charge in [0.25, 0.3) is 5.56 Å². The SMILES string of the molecule is CCOC(=O)c1c(NC(=O)Cn2c(=O)cc(C)c3cccc(OC)c32)sc(C)c1C. The first-order chi connectivity index (χ1) is 14.3. The van der Waals surface area contributed by atoms with Gasteiger partial charge in [-0.2, -0.15) is 0 Å². The lowest BCUT2D eigenvalue weighted by atomic mass is 10.1. The summed E-state index contributed by atoms with van der Waals surface area (Å²) < 4.78 is 11.9. The van der Waals surface area contributed by atoms with Gasteiger partial charge in [0, 0.05) is 16.3 Å². The van der Waals surface area contributed by atoms with Crippen molar-refractivity contribution < 1.29 is 19.1 Å². The summed E-state index contributed by atoms with van der Waals surface area (Å²) in [6.07, 6.45) is 0. The molecule has 0 fully saturated rings. The Hall–Kier alpha value is -3.13. The Labute approximate surface area is 178 Å². The lowest BCUT2D eigenvalue weighted by molar-refractivity contribution is -0.116. The molecule has 0 saturated carbocycles. The number of esters is 1. The number of carbonyl (C=O) groups is 2. The first-order valence-corrected chi connectivity index (χ1v) is 10.3. The summed E-state index contributed by atoms with van der Waals surface area (Å²) in [6, 6.07) is 6.97. The Morgan fingerprint density at radius 3 is 2.60 bits per heavy atom. The Balaban J connectivity index is 1.99. The van der Waals surface area contributed by atoms with E-state index in [-0.39, 0.29) is 18.7 Å². The molecule has 2 heterocycles. The van der Waals surface area contributed by atoms with Crippen molar-refractivity contribution in [3.63, 3.8) is 0 Å². The third-order valence-electron chi connectivity index (χ3n) is 4.94. The number of aromatic nitrogens is 1. The highest BCUT2D eigenvalue weighted by molar-refractivity contribution is 7.16. The number of anilines is 1. The molecule has 158 valence electrons. The Bertz CT molecular complexity index is 1190. The molecule has 8 heteroatoms. The monoisotopic (exact) mass is 428 g/mol. The molecule has 1 aromatic carbocycles. The first-order valence-electron chi connectivity index (χ1n) is 9.52. The molecule has 0 atom stereocenters. The maximum Gasteiger partial charge on any atom is 0.341 e. The van der Waals surface area contributed by atoms with E-state index in [1.54, 1.807) is 13.0 Å². The molecule has 0 radical (unpaired) electrons. The molecule has 3 rings (SSSR count). The van der Waals surface area contributed by atoms with Gasteiger partial charge in [0.05, 0.1) is 24.8 Å². The molecule has 7 nitrogen and oxygen atoms in total. The number of rotatable bonds is 6. The van der Waals surface area contributed by atoms with Crippen LogP contribution in [0.4, 0.5) is 5.00 Å². The standard InChI is InChI=1S/C22H24N2O5S/c1-6-29-22(27)19-13(3)14(4)30-21(19)23-17(25)11-24-18(26)10-12(2)15-8-7-9-16(28-5)20(15)24/h7-10H,6,11H2,1-5H3,(H,23,25). The number of carbonyl (C=O) groups excluding carboxylic acids is 2. The zero-order valence-electron chi connectivity index (χ0n) is 17.6. The number of benzene rings is 1. The van der Waals surface area contributed by atoms with Gasteiger partial charge in [-0.15, -0.1) is 11.3 Å². The average Bonchev–Trinajstić information content (AvgIpc) is 2.97. The Morgan fingerprint density at radius 1 is 1.20 bits per heavy atom. The lowest BCUT2D eigenvalue weighted by Crippen LogP contribution is -2.28. The minimum atomic E-state index is -0.478. The van der Waals surface area contributed by atoms with Crippen molar-refractivity contribution in [2.24, 2.45) is 0 Å². The predicted octanol–water partition coefficient (Wildman–Crippen LogP) is 3.81. The average molecular weight is 429 g/mol. The van der Waals surface area contributed by atoms with Crippen molar-refractivity contribution in [3.05, 3.63) is 56.2 Å². The number of fused-ring (bicyclic) bond motifs is 1. The van der Waals surface area contributed by atoms with Crippen LogP contribution in [0.2, 0.25) is 0 Å². The van der Waals surface area contributed by atoms with E-state index in [9.17, 15) is 14.4 Å². The van der Waals surface area contributed by atoms with Crippen LogP contribution in [0.1, 0.15) is 33.3 Å². The molecule has 0 aliphatic heterocycles. The van der Waals surface area contributed by atoms with E-state index in [4.69, 9.17) is 9.47 Å². The van der Waals surface area contributed by atoms with Gasteiger partial charge < -0.3 is 14.8 Å². The number of methoxy groups -OCH3 is 1. The molecule has 1 N–H and O–H groups in total. The van der Waals surface area contributed by atoms with Gasteiger partial charge in [0.1, 0.15) is 17.3 Å². The second-order valence-electron chi connectivity index (χ2n) is 6.86. The molecule has 0 saturated heterocycles. The fourth-order valence-electron chi connectivity index (χ4n) is 3.37. The van der Waals surface area contributed by atoms with Crippen molar-refractivity contribution in [1.82, 2.24) is 4.57 Å². The van der Waals surface area contributed by atoms with Gasteiger partial charge in [0.2, 0.25) is 5.91 Å². The Morgan fingerprint density at radius 2 is 1.93 bits per heavy atom. The quantitative estimate of drug-likeness (QED) is 0.604. The molecule has 0 bridgehead atoms.